The maximum Gasteiger partial charge on any atom is 0.271 e. The molecule has 3 aromatic carbocycles. The van der Waals surface area contributed by atoms with E-state index in [1.165, 1.54) is 30.0 Å². The number of rotatable bonds is 7. The molecule has 3 rings (SSSR count). The monoisotopic (exact) mass is 414 g/mol. The van der Waals surface area contributed by atoms with E-state index in [0.29, 0.717) is 5.69 Å². The molecule has 0 heterocycles. The standard InChI is InChI=1S/C20H15ClN2O4S/c21-16-12-14(23(25)26)10-11-18(16)27-13-20(24)22-17-8-4-5-9-19(17)28-15-6-2-1-3-7-15/h1-12H,13H2,(H,22,24). The van der Waals surface area contributed by atoms with Crippen LogP contribution < -0.4 is 10.1 Å². The van der Waals surface area contributed by atoms with E-state index in [1.54, 1.807) is 0 Å². The lowest BCUT2D eigenvalue weighted by molar-refractivity contribution is -0.384. The molecule has 8 heteroatoms. The van der Waals surface area contributed by atoms with E-state index >= 15 is 0 Å². The van der Waals surface area contributed by atoms with Gasteiger partial charge in [-0.3, -0.25) is 14.9 Å². The number of carbonyl (C=O) groups is 1. The zero-order valence-electron chi connectivity index (χ0n) is 14.5. The van der Waals surface area contributed by atoms with Gasteiger partial charge < -0.3 is 10.1 Å². The summed E-state index contributed by atoms with van der Waals surface area (Å²) in [6.07, 6.45) is 0. The fraction of sp³-hybridized carbons (Fsp3) is 0.0500. The number of nitro benzene ring substituents is 1. The highest BCUT2D eigenvalue weighted by Gasteiger charge is 2.13. The Labute approximate surface area is 170 Å². The summed E-state index contributed by atoms with van der Waals surface area (Å²) < 4.78 is 5.39. The quantitative estimate of drug-likeness (QED) is 0.412. The number of nitrogens with zero attached hydrogens (tertiary/aromatic N) is 1. The van der Waals surface area contributed by atoms with Gasteiger partial charge in [-0.15, -0.1) is 0 Å². The molecule has 0 saturated heterocycles. The second-order valence-electron chi connectivity index (χ2n) is 5.62. The summed E-state index contributed by atoms with van der Waals surface area (Å²) in [5.74, 6) is -0.162. The normalized spacial score (nSPS) is 10.3. The van der Waals surface area contributed by atoms with Crippen molar-refractivity contribution in [1.82, 2.24) is 0 Å². The van der Waals surface area contributed by atoms with Crippen molar-refractivity contribution in [3.8, 4) is 5.75 Å². The van der Waals surface area contributed by atoms with Gasteiger partial charge in [-0.05, 0) is 30.3 Å². The lowest BCUT2D eigenvalue weighted by atomic mass is 10.3. The van der Waals surface area contributed by atoms with Gasteiger partial charge in [-0.2, -0.15) is 0 Å². The van der Waals surface area contributed by atoms with Crippen molar-refractivity contribution in [2.24, 2.45) is 0 Å². The zero-order valence-corrected chi connectivity index (χ0v) is 16.1. The Bertz CT molecular complexity index is 999. The van der Waals surface area contributed by atoms with Crippen molar-refractivity contribution in [3.05, 3.63) is 87.9 Å². The first-order valence-electron chi connectivity index (χ1n) is 8.21. The van der Waals surface area contributed by atoms with Crippen LogP contribution in [0.15, 0.2) is 82.6 Å². The van der Waals surface area contributed by atoms with E-state index in [-0.39, 0.29) is 29.0 Å². The third-order valence-corrected chi connectivity index (χ3v) is 5.00. The van der Waals surface area contributed by atoms with Crippen molar-refractivity contribution < 1.29 is 14.5 Å². The molecule has 3 aromatic rings. The molecule has 0 bridgehead atoms. The van der Waals surface area contributed by atoms with Gasteiger partial charge in [0.15, 0.2) is 6.61 Å². The van der Waals surface area contributed by atoms with Gasteiger partial charge in [0.05, 0.1) is 15.6 Å². The number of carbonyl (C=O) groups excluding carboxylic acids is 1. The molecule has 1 N–H and O–H groups in total. The predicted octanol–water partition coefficient (Wildman–Crippen LogP) is 5.42. The molecule has 0 fully saturated rings. The van der Waals surface area contributed by atoms with E-state index in [1.807, 2.05) is 54.6 Å². The Balaban J connectivity index is 1.63. The van der Waals surface area contributed by atoms with Gasteiger partial charge in [0.1, 0.15) is 5.75 Å². The summed E-state index contributed by atoms with van der Waals surface area (Å²) in [4.78, 5) is 24.4. The van der Waals surface area contributed by atoms with Gasteiger partial charge in [-0.25, -0.2) is 0 Å². The maximum atomic E-state index is 12.3. The molecule has 0 aliphatic rings. The smallest absolute Gasteiger partial charge is 0.271 e. The average Bonchev–Trinajstić information content (AvgIpc) is 2.69. The third-order valence-electron chi connectivity index (χ3n) is 3.62. The van der Waals surface area contributed by atoms with Crippen molar-refractivity contribution in [3.63, 3.8) is 0 Å². The van der Waals surface area contributed by atoms with Crippen molar-refractivity contribution >= 4 is 40.6 Å². The highest BCUT2D eigenvalue weighted by atomic mass is 35.5. The van der Waals surface area contributed by atoms with Gasteiger partial charge in [0.25, 0.3) is 11.6 Å². The van der Waals surface area contributed by atoms with Gasteiger partial charge in [0.2, 0.25) is 0 Å². The summed E-state index contributed by atoms with van der Waals surface area (Å²) in [5, 5.41) is 13.6. The van der Waals surface area contributed by atoms with Crippen LogP contribution in [0.25, 0.3) is 0 Å². The number of ether oxygens (including phenoxy) is 1. The van der Waals surface area contributed by atoms with Crippen LogP contribution in [0, 0.1) is 10.1 Å². The lowest BCUT2D eigenvalue weighted by Crippen LogP contribution is -2.20. The number of hydrogen-bond donors (Lipinski definition) is 1. The maximum absolute atomic E-state index is 12.3. The van der Waals surface area contributed by atoms with Gasteiger partial charge >= 0.3 is 0 Å². The van der Waals surface area contributed by atoms with Crippen LogP contribution in [-0.2, 0) is 4.79 Å². The topological polar surface area (TPSA) is 81.5 Å². The average molecular weight is 415 g/mol. The number of anilines is 1. The highest BCUT2D eigenvalue weighted by Crippen LogP contribution is 2.33. The van der Waals surface area contributed by atoms with Crippen LogP contribution in [0.1, 0.15) is 0 Å². The summed E-state index contributed by atoms with van der Waals surface area (Å²) in [6.45, 7) is -0.276. The first-order chi connectivity index (χ1) is 13.5. The van der Waals surface area contributed by atoms with E-state index in [4.69, 9.17) is 16.3 Å². The Kier molecular flexibility index (Phi) is 6.52. The van der Waals surface area contributed by atoms with Crippen molar-refractivity contribution in [2.45, 2.75) is 9.79 Å². The number of hydrogen-bond acceptors (Lipinski definition) is 5. The molecular weight excluding hydrogens is 400 g/mol. The number of nitrogens with one attached hydrogen (secondary N) is 1. The predicted molar refractivity (Wildman–Crippen MR) is 109 cm³/mol. The molecule has 28 heavy (non-hydrogen) atoms. The summed E-state index contributed by atoms with van der Waals surface area (Å²) >= 11 is 7.51. The van der Waals surface area contributed by atoms with Crippen molar-refractivity contribution in [2.75, 3.05) is 11.9 Å². The Hall–Kier alpha value is -3.03. The number of benzene rings is 3. The highest BCUT2D eigenvalue weighted by molar-refractivity contribution is 7.99. The number of para-hydroxylation sites is 1. The molecule has 0 atom stereocenters. The number of nitro groups is 1. The summed E-state index contributed by atoms with van der Waals surface area (Å²) in [6, 6.07) is 21.1. The van der Waals surface area contributed by atoms with E-state index in [2.05, 4.69) is 5.32 Å². The van der Waals surface area contributed by atoms with Crippen LogP contribution in [0.4, 0.5) is 11.4 Å². The zero-order chi connectivity index (χ0) is 19.9. The Morgan fingerprint density at radius 2 is 1.79 bits per heavy atom. The van der Waals surface area contributed by atoms with E-state index in [9.17, 15) is 14.9 Å². The van der Waals surface area contributed by atoms with E-state index < -0.39 is 4.92 Å². The second kappa shape index (κ2) is 9.25. The molecule has 0 unspecified atom stereocenters. The Morgan fingerprint density at radius 3 is 2.50 bits per heavy atom. The van der Waals surface area contributed by atoms with Gasteiger partial charge in [-0.1, -0.05) is 53.7 Å². The third kappa shape index (κ3) is 5.25. The molecule has 6 nitrogen and oxygen atoms in total. The first kappa shape index (κ1) is 19.7. The number of halogens is 1. The molecule has 0 aromatic heterocycles. The van der Waals surface area contributed by atoms with Gasteiger partial charge in [0, 0.05) is 21.9 Å². The fourth-order valence-electron chi connectivity index (χ4n) is 2.32. The van der Waals surface area contributed by atoms with Crippen LogP contribution in [0.3, 0.4) is 0 Å². The minimum Gasteiger partial charge on any atom is -0.482 e. The molecule has 0 saturated carbocycles. The van der Waals surface area contributed by atoms with E-state index in [0.717, 1.165) is 9.79 Å². The SMILES string of the molecule is O=C(COc1ccc([N+](=O)[O-])cc1Cl)Nc1ccccc1Sc1ccccc1. The minimum absolute atomic E-state index is 0.0713. The molecule has 0 radical (unpaired) electrons. The largest absolute Gasteiger partial charge is 0.482 e. The first-order valence-corrected chi connectivity index (χ1v) is 9.41. The number of amides is 1. The van der Waals surface area contributed by atoms with Crippen LogP contribution in [-0.4, -0.2) is 17.4 Å². The van der Waals surface area contributed by atoms with Crippen LogP contribution >= 0.6 is 23.4 Å². The van der Waals surface area contributed by atoms with Crippen LogP contribution in [0.2, 0.25) is 5.02 Å². The molecule has 142 valence electrons. The summed E-state index contributed by atoms with van der Waals surface area (Å²) in [5.41, 5.74) is 0.522. The van der Waals surface area contributed by atoms with Crippen LogP contribution in [0.5, 0.6) is 5.75 Å². The lowest BCUT2D eigenvalue weighted by Gasteiger charge is -2.12. The number of non-ortho nitro benzene ring substituents is 1. The minimum atomic E-state index is -0.552. The summed E-state index contributed by atoms with van der Waals surface area (Å²) in [7, 11) is 0. The second-order valence-corrected chi connectivity index (χ2v) is 7.14. The molecule has 0 spiro atoms. The van der Waals surface area contributed by atoms with Crippen molar-refractivity contribution in [1.29, 1.82) is 0 Å². The molecule has 0 aliphatic carbocycles. The fourth-order valence-corrected chi connectivity index (χ4v) is 3.48. The molecular formula is C20H15ClN2O4S. The Morgan fingerprint density at radius 1 is 1.07 bits per heavy atom. The molecule has 1 amide bonds. The molecule has 0 aliphatic heterocycles.